The molecule has 0 aliphatic rings. The van der Waals surface area contributed by atoms with E-state index in [0.717, 1.165) is 0 Å². The Hall–Kier alpha value is -2.11. The van der Waals surface area contributed by atoms with E-state index >= 15 is 0 Å². The zero-order chi connectivity index (χ0) is 16.1. The molecule has 2 aromatic carbocycles. The molecule has 22 heavy (non-hydrogen) atoms. The molecule has 2 atom stereocenters. The second-order valence-corrected chi connectivity index (χ2v) is 4.92. The number of Topliss-reactive ketones (excluding diaryl/α,β-unsaturated/α-hetero) is 1. The minimum absolute atomic E-state index is 0.0322. The van der Waals surface area contributed by atoms with Gasteiger partial charge in [-0.15, -0.1) is 0 Å². The van der Waals surface area contributed by atoms with Gasteiger partial charge in [0.2, 0.25) is 0 Å². The topological polar surface area (TPSA) is 57.5 Å². The molecule has 0 heterocycles. The molecule has 3 nitrogen and oxygen atoms in total. The van der Waals surface area contributed by atoms with E-state index in [0.29, 0.717) is 0 Å². The third kappa shape index (κ3) is 3.21. The van der Waals surface area contributed by atoms with E-state index in [4.69, 9.17) is 0 Å². The van der Waals surface area contributed by atoms with Crippen molar-refractivity contribution in [2.45, 2.75) is 11.8 Å². The van der Waals surface area contributed by atoms with Gasteiger partial charge in [0.15, 0.2) is 5.78 Å². The Morgan fingerprint density at radius 2 is 1.18 bits per heavy atom. The van der Waals surface area contributed by atoms with Gasteiger partial charge in [0.25, 0.3) is 0 Å². The maximum atomic E-state index is 13.8. The standard InChI is InChI=1S/C17H16F2O3/c18-15-7-3-1-5-11(15)13(9-20)17(22)14(10-21)12-6-2-4-8-16(12)19/h1-8,13-14,20-21H,9-10H2. The molecule has 2 N–H and O–H groups in total. The highest BCUT2D eigenvalue weighted by atomic mass is 19.1. The number of rotatable bonds is 6. The van der Waals surface area contributed by atoms with Crippen molar-refractivity contribution in [2.75, 3.05) is 13.2 Å². The summed E-state index contributed by atoms with van der Waals surface area (Å²) in [5.41, 5.74) is 0.0644. The lowest BCUT2D eigenvalue weighted by atomic mass is 9.84. The summed E-state index contributed by atoms with van der Waals surface area (Å²) in [6, 6.07) is 11.2. The van der Waals surface area contributed by atoms with E-state index in [2.05, 4.69) is 0 Å². The van der Waals surface area contributed by atoms with Crippen LogP contribution in [0, 0.1) is 11.6 Å². The molecule has 0 amide bonds. The molecule has 0 spiro atoms. The van der Waals surface area contributed by atoms with Crippen LogP contribution in [0.1, 0.15) is 23.0 Å². The number of halogens is 2. The highest BCUT2D eigenvalue weighted by Gasteiger charge is 2.31. The number of ketones is 1. The summed E-state index contributed by atoms with van der Waals surface area (Å²) in [6.07, 6.45) is 0. The van der Waals surface area contributed by atoms with E-state index in [-0.39, 0.29) is 11.1 Å². The molecule has 5 heteroatoms. The molecule has 2 aromatic rings. The lowest BCUT2D eigenvalue weighted by Gasteiger charge is -2.21. The third-order valence-corrected chi connectivity index (χ3v) is 3.61. The predicted octanol–water partition coefficient (Wildman–Crippen LogP) is 2.39. The smallest absolute Gasteiger partial charge is 0.152 e. The molecule has 2 rings (SSSR count). The van der Waals surface area contributed by atoms with Crippen molar-refractivity contribution in [3.8, 4) is 0 Å². The molecule has 0 aliphatic carbocycles. The average molecular weight is 306 g/mol. The Morgan fingerprint density at radius 1 is 0.818 bits per heavy atom. The molecule has 2 unspecified atom stereocenters. The summed E-state index contributed by atoms with van der Waals surface area (Å²) in [6.45, 7) is -1.24. The number of carbonyl (C=O) groups excluding carboxylic acids is 1. The first-order valence-electron chi connectivity index (χ1n) is 6.84. The maximum Gasteiger partial charge on any atom is 0.152 e. The van der Waals surface area contributed by atoms with Gasteiger partial charge in [-0.3, -0.25) is 4.79 Å². The summed E-state index contributed by atoms with van der Waals surface area (Å²) in [4.78, 5) is 12.6. The number of hydrogen-bond donors (Lipinski definition) is 2. The highest BCUT2D eigenvalue weighted by molar-refractivity contribution is 5.92. The van der Waals surface area contributed by atoms with Crippen LogP contribution in [0.3, 0.4) is 0 Å². The lowest BCUT2D eigenvalue weighted by molar-refractivity contribution is -0.123. The molecule has 0 aromatic heterocycles. The Balaban J connectivity index is 2.39. The van der Waals surface area contributed by atoms with Crippen LogP contribution in [0.25, 0.3) is 0 Å². The molecule has 0 radical (unpaired) electrons. The first kappa shape index (κ1) is 16.3. The van der Waals surface area contributed by atoms with Crippen LogP contribution >= 0.6 is 0 Å². The van der Waals surface area contributed by atoms with Gasteiger partial charge in [0.05, 0.1) is 25.0 Å². The van der Waals surface area contributed by atoms with Crippen LogP contribution in [-0.4, -0.2) is 29.2 Å². The first-order chi connectivity index (χ1) is 10.6. The normalized spacial score (nSPS) is 13.6. The number of hydrogen-bond acceptors (Lipinski definition) is 3. The van der Waals surface area contributed by atoms with Crippen molar-refractivity contribution >= 4 is 5.78 Å². The fourth-order valence-corrected chi connectivity index (χ4v) is 2.44. The molecular formula is C17H16F2O3. The Bertz CT molecular complexity index is 602. The maximum absolute atomic E-state index is 13.8. The van der Waals surface area contributed by atoms with Crippen LogP contribution in [0.2, 0.25) is 0 Å². The van der Waals surface area contributed by atoms with Crippen molar-refractivity contribution < 1.29 is 23.8 Å². The van der Waals surface area contributed by atoms with Crippen LogP contribution < -0.4 is 0 Å². The Labute approximate surface area is 126 Å². The number of benzene rings is 2. The highest BCUT2D eigenvalue weighted by Crippen LogP contribution is 2.29. The van der Waals surface area contributed by atoms with Crippen molar-refractivity contribution in [2.24, 2.45) is 0 Å². The Morgan fingerprint density at radius 3 is 1.50 bits per heavy atom. The SMILES string of the molecule is O=C(C(CO)c1ccccc1F)C(CO)c1ccccc1F. The van der Waals surface area contributed by atoms with Crippen LogP contribution in [0.5, 0.6) is 0 Å². The fraction of sp³-hybridized carbons (Fsp3) is 0.235. The molecule has 0 saturated heterocycles. The summed E-state index contributed by atoms with van der Waals surface area (Å²) in [7, 11) is 0. The van der Waals surface area contributed by atoms with E-state index in [1.807, 2.05) is 0 Å². The van der Waals surface area contributed by atoms with E-state index < -0.39 is 42.5 Å². The van der Waals surface area contributed by atoms with E-state index in [1.165, 1.54) is 36.4 Å². The van der Waals surface area contributed by atoms with Gasteiger partial charge in [0, 0.05) is 11.1 Å². The molecule has 0 fully saturated rings. The van der Waals surface area contributed by atoms with E-state index in [9.17, 15) is 23.8 Å². The monoisotopic (exact) mass is 306 g/mol. The second-order valence-electron chi connectivity index (χ2n) is 4.92. The van der Waals surface area contributed by atoms with Crippen molar-refractivity contribution in [3.05, 3.63) is 71.3 Å². The number of aliphatic hydroxyl groups excluding tert-OH is 2. The number of carbonyl (C=O) groups is 1. The van der Waals surface area contributed by atoms with E-state index in [1.54, 1.807) is 12.1 Å². The summed E-state index contributed by atoms with van der Waals surface area (Å²) >= 11 is 0. The second kappa shape index (κ2) is 7.24. The van der Waals surface area contributed by atoms with Gasteiger partial charge < -0.3 is 10.2 Å². The number of aliphatic hydroxyl groups is 2. The minimum atomic E-state index is -1.15. The van der Waals surface area contributed by atoms with Crippen LogP contribution in [0.4, 0.5) is 8.78 Å². The van der Waals surface area contributed by atoms with Gasteiger partial charge in [0.1, 0.15) is 11.6 Å². The summed E-state index contributed by atoms with van der Waals surface area (Å²) in [5, 5.41) is 18.9. The third-order valence-electron chi connectivity index (χ3n) is 3.61. The van der Waals surface area contributed by atoms with Crippen LogP contribution in [0.15, 0.2) is 48.5 Å². The average Bonchev–Trinajstić information content (AvgIpc) is 2.52. The van der Waals surface area contributed by atoms with Gasteiger partial charge in [-0.2, -0.15) is 0 Å². The Kier molecular flexibility index (Phi) is 5.35. The quantitative estimate of drug-likeness (QED) is 0.861. The zero-order valence-corrected chi connectivity index (χ0v) is 11.7. The van der Waals surface area contributed by atoms with Gasteiger partial charge in [-0.05, 0) is 12.1 Å². The van der Waals surface area contributed by atoms with Crippen molar-refractivity contribution in [1.29, 1.82) is 0 Å². The lowest BCUT2D eigenvalue weighted by Crippen LogP contribution is -2.27. The summed E-state index contributed by atoms with van der Waals surface area (Å²) in [5.74, 6) is -4.18. The predicted molar refractivity (Wildman–Crippen MR) is 77.5 cm³/mol. The molecule has 0 aliphatic heterocycles. The van der Waals surface area contributed by atoms with Crippen molar-refractivity contribution in [3.63, 3.8) is 0 Å². The zero-order valence-electron chi connectivity index (χ0n) is 11.7. The first-order valence-corrected chi connectivity index (χ1v) is 6.84. The summed E-state index contributed by atoms with van der Waals surface area (Å²) < 4.78 is 27.7. The largest absolute Gasteiger partial charge is 0.395 e. The van der Waals surface area contributed by atoms with Crippen LogP contribution in [-0.2, 0) is 4.79 Å². The van der Waals surface area contributed by atoms with Gasteiger partial charge in [-0.1, -0.05) is 36.4 Å². The van der Waals surface area contributed by atoms with Crippen molar-refractivity contribution in [1.82, 2.24) is 0 Å². The molecule has 116 valence electrons. The van der Waals surface area contributed by atoms with Gasteiger partial charge in [-0.25, -0.2) is 8.78 Å². The molecular weight excluding hydrogens is 290 g/mol. The molecule has 0 saturated carbocycles. The minimum Gasteiger partial charge on any atom is -0.395 e. The van der Waals surface area contributed by atoms with Gasteiger partial charge >= 0.3 is 0 Å². The fourth-order valence-electron chi connectivity index (χ4n) is 2.44. The molecule has 0 bridgehead atoms.